The van der Waals surface area contributed by atoms with Crippen LogP contribution in [-0.2, 0) is 11.8 Å². The second kappa shape index (κ2) is 5.27. The lowest BCUT2D eigenvalue weighted by Crippen LogP contribution is -2.11. The molecule has 2 heterocycles. The lowest BCUT2D eigenvalue weighted by Gasteiger charge is -2.14. The van der Waals surface area contributed by atoms with Crippen molar-refractivity contribution in [2.75, 3.05) is 5.73 Å². The molecule has 1 unspecified atom stereocenters. The molecule has 0 amide bonds. The van der Waals surface area contributed by atoms with Crippen molar-refractivity contribution in [1.82, 2.24) is 9.97 Å². The average Bonchev–Trinajstić information content (AvgIpc) is 2.77. The first-order valence-electron chi connectivity index (χ1n) is 6.20. The summed E-state index contributed by atoms with van der Waals surface area (Å²) in [6.45, 7) is 6.35. The van der Waals surface area contributed by atoms with E-state index in [1.54, 1.807) is 23.6 Å². The van der Waals surface area contributed by atoms with Crippen molar-refractivity contribution < 1.29 is 5.11 Å². The van der Waals surface area contributed by atoms with Gasteiger partial charge in [-0.3, -0.25) is 0 Å². The molecule has 0 aromatic carbocycles. The Morgan fingerprint density at radius 2 is 2.16 bits per heavy atom. The average molecular weight is 277 g/mol. The molecule has 0 aliphatic heterocycles. The topological polar surface area (TPSA) is 72.0 Å². The van der Waals surface area contributed by atoms with Crippen molar-refractivity contribution in [3.8, 4) is 0 Å². The highest BCUT2D eigenvalue weighted by molar-refractivity contribution is 7.09. The molecule has 0 aliphatic rings. The molecule has 2 rings (SSSR count). The minimum absolute atomic E-state index is 0.0176. The van der Waals surface area contributed by atoms with Gasteiger partial charge in [0.05, 0.1) is 10.7 Å². The molecule has 5 heteroatoms. The van der Waals surface area contributed by atoms with Crippen LogP contribution >= 0.6 is 11.3 Å². The Balaban J connectivity index is 2.12. The monoisotopic (exact) mass is 277 g/mol. The van der Waals surface area contributed by atoms with Crippen LogP contribution in [0.15, 0.2) is 23.7 Å². The fraction of sp³-hybridized carbons (Fsp3) is 0.429. The highest BCUT2D eigenvalue weighted by atomic mass is 32.1. The first-order chi connectivity index (χ1) is 8.86. The first kappa shape index (κ1) is 14.0. The van der Waals surface area contributed by atoms with Crippen molar-refractivity contribution in [3.05, 3.63) is 40.0 Å². The summed E-state index contributed by atoms with van der Waals surface area (Å²) in [5, 5.41) is 13.2. The zero-order valence-corrected chi connectivity index (χ0v) is 12.2. The molecule has 1 atom stereocenters. The zero-order chi connectivity index (χ0) is 14.0. The third-order valence-electron chi connectivity index (χ3n) is 2.78. The first-order valence-corrected chi connectivity index (χ1v) is 7.08. The maximum atomic E-state index is 10.2. The number of anilines is 1. The summed E-state index contributed by atoms with van der Waals surface area (Å²) in [6.07, 6.45) is 1.55. The van der Waals surface area contributed by atoms with E-state index in [0.29, 0.717) is 12.2 Å². The van der Waals surface area contributed by atoms with E-state index >= 15 is 0 Å². The van der Waals surface area contributed by atoms with Gasteiger partial charge in [-0.15, -0.1) is 11.3 Å². The van der Waals surface area contributed by atoms with Crippen LogP contribution in [0.2, 0.25) is 0 Å². The largest absolute Gasteiger partial charge is 0.386 e. The van der Waals surface area contributed by atoms with Gasteiger partial charge in [-0.05, 0) is 17.7 Å². The summed E-state index contributed by atoms with van der Waals surface area (Å²) in [5.74, 6) is 0.471. The van der Waals surface area contributed by atoms with Crippen molar-refractivity contribution >= 4 is 17.2 Å². The predicted octanol–water partition coefficient (Wildman–Crippen LogP) is 2.69. The molecule has 0 bridgehead atoms. The van der Waals surface area contributed by atoms with Gasteiger partial charge in [0.2, 0.25) is 0 Å². The number of thiazole rings is 1. The van der Waals surface area contributed by atoms with Crippen molar-refractivity contribution in [2.45, 2.75) is 38.7 Å². The third-order valence-corrected chi connectivity index (χ3v) is 4.07. The van der Waals surface area contributed by atoms with Crippen LogP contribution in [0.1, 0.15) is 43.1 Å². The van der Waals surface area contributed by atoms with E-state index in [4.69, 9.17) is 5.73 Å². The molecule has 0 spiro atoms. The molecule has 3 N–H and O–H groups in total. The second-order valence-electron chi connectivity index (χ2n) is 5.64. The molecule has 0 aliphatic carbocycles. The number of aromatic nitrogens is 2. The summed E-state index contributed by atoms with van der Waals surface area (Å²) in [6, 6.07) is 3.64. The van der Waals surface area contributed by atoms with E-state index in [-0.39, 0.29) is 5.41 Å². The van der Waals surface area contributed by atoms with E-state index in [9.17, 15) is 5.11 Å². The lowest BCUT2D eigenvalue weighted by atomic mass is 9.98. The summed E-state index contributed by atoms with van der Waals surface area (Å²) in [4.78, 5) is 8.46. The fourth-order valence-corrected chi connectivity index (χ4v) is 2.69. The molecule has 0 fully saturated rings. The standard InChI is InChI=1S/C14H19N3OS/c1-14(2,3)13-17-10(8-19-13)11(18)6-9-4-5-16-12(15)7-9/h4-5,7-8,11,18H,6H2,1-3H3,(H2,15,16). The third kappa shape index (κ3) is 3.52. The van der Waals surface area contributed by atoms with E-state index < -0.39 is 6.10 Å². The predicted molar refractivity (Wildman–Crippen MR) is 78.1 cm³/mol. The molecule has 19 heavy (non-hydrogen) atoms. The normalized spacial score (nSPS) is 13.5. The highest BCUT2D eigenvalue weighted by Gasteiger charge is 2.20. The summed E-state index contributed by atoms with van der Waals surface area (Å²) in [5.41, 5.74) is 7.34. The maximum absolute atomic E-state index is 10.2. The van der Waals surface area contributed by atoms with Crippen LogP contribution in [0, 0.1) is 0 Å². The van der Waals surface area contributed by atoms with Gasteiger partial charge in [-0.25, -0.2) is 9.97 Å². The molecule has 0 saturated carbocycles. The molecule has 2 aromatic heterocycles. The Kier molecular flexibility index (Phi) is 3.87. The van der Waals surface area contributed by atoms with Crippen molar-refractivity contribution in [1.29, 1.82) is 0 Å². The molecular formula is C14H19N3OS. The smallest absolute Gasteiger partial charge is 0.123 e. The van der Waals surface area contributed by atoms with Crippen LogP contribution < -0.4 is 5.73 Å². The Hall–Kier alpha value is -1.46. The number of rotatable bonds is 3. The minimum Gasteiger partial charge on any atom is -0.386 e. The Morgan fingerprint density at radius 1 is 1.42 bits per heavy atom. The second-order valence-corrected chi connectivity index (χ2v) is 6.49. The van der Waals surface area contributed by atoms with Crippen LogP contribution in [-0.4, -0.2) is 15.1 Å². The molecular weight excluding hydrogens is 258 g/mol. The fourth-order valence-electron chi connectivity index (χ4n) is 1.73. The van der Waals surface area contributed by atoms with E-state index in [0.717, 1.165) is 16.3 Å². The van der Waals surface area contributed by atoms with Gasteiger partial charge in [0.15, 0.2) is 0 Å². The summed E-state index contributed by atoms with van der Waals surface area (Å²) < 4.78 is 0. The van der Waals surface area contributed by atoms with Crippen molar-refractivity contribution in [3.63, 3.8) is 0 Å². The number of aliphatic hydroxyl groups excluding tert-OH is 1. The van der Waals surface area contributed by atoms with E-state index in [1.807, 2.05) is 11.4 Å². The number of aliphatic hydroxyl groups is 1. The Morgan fingerprint density at radius 3 is 2.74 bits per heavy atom. The number of nitrogen functional groups attached to an aromatic ring is 1. The van der Waals surface area contributed by atoms with Crippen LogP contribution in [0.5, 0.6) is 0 Å². The minimum atomic E-state index is -0.603. The number of hydrogen-bond acceptors (Lipinski definition) is 5. The van der Waals surface area contributed by atoms with Crippen LogP contribution in [0.4, 0.5) is 5.82 Å². The zero-order valence-electron chi connectivity index (χ0n) is 11.4. The molecule has 2 aromatic rings. The molecule has 4 nitrogen and oxygen atoms in total. The summed E-state index contributed by atoms with van der Waals surface area (Å²) >= 11 is 1.59. The highest BCUT2D eigenvalue weighted by Crippen LogP contribution is 2.28. The SMILES string of the molecule is CC(C)(C)c1nc(C(O)Cc2ccnc(N)c2)cs1. The lowest BCUT2D eigenvalue weighted by molar-refractivity contribution is 0.174. The van der Waals surface area contributed by atoms with Crippen LogP contribution in [0.25, 0.3) is 0 Å². The van der Waals surface area contributed by atoms with Gasteiger partial charge >= 0.3 is 0 Å². The molecule has 102 valence electrons. The van der Waals surface area contributed by atoms with Crippen molar-refractivity contribution in [2.24, 2.45) is 0 Å². The van der Waals surface area contributed by atoms with Gasteiger partial charge in [-0.1, -0.05) is 20.8 Å². The quantitative estimate of drug-likeness (QED) is 0.904. The van der Waals surface area contributed by atoms with Gasteiger partial charge in [0.1, 0.15) is 11.9 Å². The Bertz CT molecular complexity index is 560. The van der Waals surface area contributed by atoms with Gasteiger partial charge in [-0.2, -0.15) is 0 Å². The van der Waals surface area contributed by atoms with Gasteiger partial charge in [0.25, 0.3) is 0 Å². The van der Waals surface area contributed by atoms with E-state index in [2.05, 4.69) is 30.7 Å². The van der Waals surface area contributed by atoms with Crippen LogP contribution in [0.3, 0.4) is 0 Å². The maximum Gasteiger partial charge on any atom is 0.123 e. The number of hydrogen-bond donors (Lipinski definition) is 2. The molecule has 0 saturated heterocycles. The number of nitrogens with zero attached hydrogens (tertiary/aromatic N) is 2. The number of nitrogens with two attached hydrogens (primary N) is 1. The summed E-state index contributed by atoms with van der Waals surface area (Å²) in [7, 11) is 0. The Labute approximate surface area is 117 Å². The number of pyridine rings is 1. The van der Waals surface area contributed by atoms with Gasteiger partial charge < -0.3 is 10.8 Å². The van der Waals surface area contributed by atoms with E-state index in [1.165, 1.54) is 0 Å². The van der Waals surface area contributed by atoms with Gasteiger partial charge in [0, 0.05) is 23.4 Å². The molecule has 0 radical (unpaired) electrons.